The largest absolute Gasteiger partial charge is 0.465 e. The summed E-state index contributed by atoms with van der Waals surface area (Å²) in [5.74, 6) is -0.357. The predicted octanol–water partition coefficient (Wildman–Crippen LogP) is 2.98. The second-order valence-corrected chi connectivity index (χ2v) is 6.89. The normalized spacial score (nSPS) is 14.4. The first-order valence-corrected chi connectivity index (χ1v) is 9.32. The topological polar surface area (TPSA) is 102 Å². The summed E-state index contributed by atoms with van der Waals surface area (Å²) in [4.78, 5) is 36.3. The van der Waals surface area contributed by atoms with Crippen LogP contribution in [0.2, 0.25) is 0 Å². The fourth-order valence-corrected chi connectivity index (χ4v) is 3.29. The minimum atomic E-state index is -0.444. The van der Waals surface area contributed by atoms with Crippen LogP contribution in [0.25, 0.3) is 0 Å². The van der Waals surface area contributed by atoms with E-state index in [2.05, 4.69) is 20.5 Å². The third-order valence-corrected chi connectivity index (χ3v) is 4.90. The summed E-state index contributed by atoms with van der Waals surface area (Å²) in [6.07, 6.45) is 5.13. The van der Waals surface area contributed by atoms with Gasteiger partial charge in [-0.3, -0.25) is 14.3 Å². The highest BCUT2D eigenvalue weighted by Crippen LogP contribution is 2.25. The molecule has 0 unspecified atom stereocenters. The molecule has 1 saturated carbocycles. The molecule has 0 saturated heterocycles. The van der Waals surface area contributed by atoms with Gasteiger partial charge in [0.15, 0.2) is 5.69 Å². The molecule has 0 atom stereocenters. The number of aromatic nitrogens is 2. The number of rotatable bonds is 5. The molecule has 0 spiro atoms. The Hall–Kier alpha value is -3.16. The maximum absolute atomic E-state index is 12.5. The van der Waals surface area contributed by atoms with Crippen LogP contribution in [0.3, 0.4) is 0 Å². The Labute approximate surface area is 163 Å². The molecule has 3 rings (SSSR count). The number of amides is 2. The fourth-order valence-electron chi connectivity index (χ4n) is 3.29. The second kappa shape index (κ2) is 8.69. The van der Waals surface area contributed by atoms with Crippen LogP contribution < -0.4 is 10.6 Å². The molecule has 0 bridgehead atoms. The number of aryl methyl sites for hydroxylation is 1. The number of carbonyl (C=O) groups excluding carboxylic acids is 3. The number of methoxy groups -OCH3 is 1. The van der Waals surface area contributed by atoms with E-state index < -0.39 is 11.9 Å². The highest BCUT2D eigenvalue weighted by Gasteiger charge is 2.23. The van der Waals surface area contributed by atoms with Crippen LogP contribution in [0.5, 0.6) is 0 Å². The molecule has 2 N–H and O–H groups in total. The maximum Gasteiger partial charge on any atom is 0.337 e. The lowest BCUT2D eigenvalue weighted by Gasteiger charge is -2.20. The number of ether oxygens (including phenoxy) is 1. The summed E-state index contributed by atoms with van der Waals surface area (Å²) < 4.78 is 6.13. The summed E-state index contributed by atoms with van der Waals surface area (Å²) >= 11 is 0. The lowest BCUT2D eigenvalue weighted by atomic mass is 9.89. The maximum atomic E-state index is 12.5. The summed E-state index contributed by atoms with van der Waals surface area (Å²) in [6.45, 7) is 0. The lowest BCUT2D eigenvalue weighted by Crippen LogP contribution is -2.25. The van der Waals surface area contributed by atoms with Gasteiger partial charge in [0, 0.05) is 24.7 Å². The van der Waals surface area contributed by atoms with Crippen LogP contribution >= 0.6 is 0 Å². The van der Waals surface area contributed by atoms with Crippen LogP contribution in [0.4, 0.5) is 11.5 Å². The zero-order valence-corrected chi connectivity index (χ0v) is 16.0. The van der Waals surface area contributed by atoms with Gasteiger partial charge in [0.05, 0.1) is 12.7 Å². The quantitative estimate of drug-likeness (QED) is 0.772. The van der Waals surface area contributed by atoms with E-state index in [1.807, 2.05) is 0 Å². The molecule has 8 heteroatoms. The van der Waals surface area contributed by atoms with Gasteiger partial charge < -0.3 is 15.4 Å². The van der Waals surface area contributed by atoms with E-state index in [-0.39, 0.29) is 17.5 Å². The molecule has 0 aliphatic heterocycles. The van der Waals surface area contributed by atoms with Crippen LogP contribution in [-0.4, -0.2) is 34.7 Å². The Bertz CT molecular complexity index is 867. The molecular formula is C20H24N4O4. The number of hydrogen-bond donors (Lipinski definition) is 2. The van der Waals surface area contributed by atoms with Gasteiger partial charge in [0.2, 0.25) is 5.91 Å². The molecule has 1 aromatic carbocycles. The van der Waals surface area contributed by atoms with Crippen molar-refractivity contribution in [3.63, 3.8) is 0 Å². The van der Waals surface area contributed by atoms with Crippen molar-refractivity contribution in [3.05, 3.63) is 41.6 Å². The summed E-state index contributed by atoms with van der Waals surface area (Å²) in [5, 5.41) is 9.78. The second-order valence-electron chi connectivity index (χ2n) is 6.89. The van der Waals surface area contributed by atoms with E-state index in [0.717, 1.165) is 25.7 Å². The molecule has 1 aliphatic rings. The molecule has 2 amide bonds. The Kier molecular flexibility index (Phi) is 6.08. The van der Waals surface area contributed by atoms with Crippen LogP contribution in [-0.2, 0) is 16.6 Å². The SMILES string of the molecule is COC(=O)c1ccc(NC(=O)c2cc(NC(=O)C3CCCCC3)n(C)n2)cc1. The number of carbonyl (C=O) groups is 3. The average molecular weight is 384 g/mol. The van der Waals surface area contributed by atoms with Gasteiger partial charge in [0.1, 0.15) is 5.82 Å². The van der Waals surface area contributed by atoms with E-state index >= 15 is 0 Å². The van der Waals surface area contributed by atoms with Gasteiger partial charge in [-0.1, -0.05) is 19.3 Å². The Morgan fingerprint density at radius 2 is 1.75 bits per heavy atom. The Balaban J connectivity index is 1.63. The van der Waals surface area contributed by atoms with Gasteiger partial charge in [-0.05, 0) is 37.1 Å². The summed E-state index contributed by atoms with van der Waals surface area (Å²) in [7, 11) is 2.99. The molecule has 1 aromatic heterocycles. The number of nitrogens with one attached hydrogen (secondary N) is 2. The Morgan fingerprint density at radius 3 is 2.39 bits per heavy atom. The standard InChI is InChI=1S/C20H24N4O4/c1-24-17(22-18(25)13-6-4-3-5-7-13)12-16(23-24)19(26)21-15-10-8-14(9-11-15)20(27)28-2/h8-13H,3-7H2,1-2H3,(H,21,26)(H,22,25). The summed E-state index contributed by atoms with van der Waals surface area (Å²) in [5.41, 5.74) is 1.11. The van der Waals surface area contributed by atoms with E-state index in [1.54, 1.807) is 37.4 Å². The van der Waals surface area contributed by atoms with E-state index in [9.17, 15) is 14.4 Å². The van der Waals surface area contributed by atoms with Crippen molar-refractivity contribution in [1.29, 1.82) is 0 Å². The van der Waals surface area contributed by atoms with Gasteiger partial charge >= 0.3 is 5.97 Å². The van der Waals surface area contributed by atoms with Crippen LogP contribution in [0.15, 0.2) is 30.3 Å². The summed E-state index contributed by atoms with van der Waals surface area (Å²) in [6, 6.07) is 7.90. The highest BCUT2D eigenvalue weighted by molar-refractivity contribution is 6.04. The van der Waals surface area contributed by atoms with Gasteiger partial charge in [-0.25, -0.2) is 4.79 Å². The van der Waals surface area contributed by atoms with Crippen molar-refractivity contribution in [1.82, 2.24) is 9.78 Å². The molecule has 2 aromatic rings. The zero-order chi connectivity index (χ0) is 20.1. The van der Waals surface area contributed by atoms with E-state index in [4.69, 9.17) is 0 Å². The zero-order valence-electron chi connectivity index (χ0n) is 16.0. The minimum absolute atomic E-state index is 0.0203. The van der Waals surface area contributed by atoms with Crippen LogP contribution in [0.1, 0.15) is 53.0 Å². The van der Waals surface area contributed by atoms with Gasteiger partial charge in [-0.15, -0.1) is 0 Å². The van der Waals surface area contributed by atoms with Crippen molar-refractivity contribution in [2.24, 2.45) is 13.0 Å². The number of nitrogens with zero attached hydrogens (tertiary/aromatic N) is 2. The molecule has 28 heavy (non-hydrogen) atoms. The minimum Gasteiger partial charge on any atom is -0.465 e. The molecule has 0 radical (unpaired) electrons. The lowest BCUT2D eigenvalue weighted by molar-refractivity contribution is -0.120. The van der Waals surface area contributed by atoms with E-state index in [0.29, 0.717) is 17.1 Å². The monoisotopic (exact) mass is 384 g/mol. The molecule has 1 aliphatic carbocycles. The molecule has 1 fully saturated rings. The highest BCUT2D eigenvalue weighted by atomic mass is 16.5. The molecule has 148 valence electrons. The third kappa shape index (κ3) is 4.57. The molecule has 8 nitrogen and oxygen atoms in total. The van der Waals surface area contributed by atoms with Crippen molar-refractivity contribution < 1.29 is 19.1 Å². The van der Waals surface area contributed by atoms with Crippen molar-refractivity contribution in [2.75, 3.05) is 17.7 Å². The van der Waals surface area contributed by atoms with Gasteiger partial charge in [-0.2, -0.15) is 5.10 Å². The number of hydrogen-bond acceptors (Lipinski definition) is 5. The average Bonchev–Trinajstić information content (AvgIpc) is 3.09. The number of anilines is 2. The van der Waals surface area contributed by atoms with Crippen molar-refractivity contribution >= 4 is 29.3 Å². The Morgan fingerprint density at radius 1 is 1.07 bits per heavy atom. The third-order valence-electron chi connectivity index (χ3n) is 4.90. The first-order valence-electron chi connectivity index (χ1n) is 9.32. The number of esters is 1. The smallest absolute Gasteiger partial charge is 0.337 e. The van der Waals surface area contributed by atoms with Crippen molar-refractivity contribution in [2.45, 2.75) is 32.1 Å². The van der Waals surface area contributed by atoms with Crippen molar-refractivity contribution in [3.8, 4) is 0 Å². The number of benzene rings is 1. The molecular weight excluding hydrogens is 360 g/mol. The van der Waals surface area contributed by atoms with Gasteiger partial charge in [0.25, 0.3) is 5.91 Å². The first-order chi connectivity index (χ1) is 13.5. The predicted molar refractivity (Wildman–Crippen MR) is 104 cm³/mol. The fraction of sp³-hybridized carbons (Fsp3) is 0.400. The molecule has 1 heterocycles. The van der Waals surface area contributed by atoms with E-state index in [1.165, 1.54) is 18.2 Å². The first kappa shape index (κ1) is 19.6. The van der Waals surface area contributed by atoms with Crippen LogP contribution in [0, 0.1) is 5.92 Å².